The van der Waals surface area contributed by atoms with E-state index in [1.807, 2.05) is 17.0 Å². The van der Waals surface area contributed by atoms with Crippen molar-refractivity contribution in [3.8, 4) is 16.9 Å². The highest BCUT2D eigenvalue weighted by Gasteiger charge is 2.33. The number of nitrogens with zero attached hydrogens (tertiary/aromatic N) is 3. The fraction of sp³-hybridized carbons (Fsp3) is 0.304. The van der Waals surface area contributed by atoms with E-state index in [9.17, 15) is 9.90 Å². The Kier molecular flexibility index (Phi) is 6.70. The van der Waals surface area contributed by atoms with E-state index in [-0.39, 0.29) is 18.2 Å². The molecular weight excluding hydrogens is 485 g/mol. The van der Waals surface area contributed by atoms with Gasteiger partial charge in [0.05, 0.1) is 31.1 Å². The molecule has 1 aliphatic heterocycles. The van der Waals surface area contributed by atoms with Crippen molar-refractivity contribution >= 4 is 48.8 Å². The molecule has 5 nitrogen and oxygen atoms in total. The van der Waals surface area contributed by atoms with Gasteiger partial charge in [-0.15, -0.1) is 0 Å². The van der Waals surface area contributed by atoms with Crippen LogP contribution in [0.15, 0.2) is 42.5 Å². The first-order valence-corrected chi connectivity index (χ1v) is 15.0. The molecule has 2 heterocycles. The molecule has 0 saturated carbocycles. The Balaban J connectivity index is 1.86. The highest BCUT2D eigenvalue weighted by atomic mass is 35.5. The number of benzene rings is 2. The third kappa shape index (κ3) is 4.61. The van der Waals surface area contributed by atoms with Crippen LogP contribution < -0.4 is 0 Å². The minimum atomic E-state index is -1.24. The lowest BCUT2D eigenvalue weighted by atomic mass is 10.0. The van der Waals surface area contributed by atoms with Crippen LogP contribution in [-0.4, -0.2) is 46.9 Å². The van der Waals surface area contributed by atoms with E-state index in [0.717, 1.165) is 17.7 Å². The van der Waals surface area contributed by atoms with Crippen molar-refractivity contribution < 1.29 is 9.90 Å². The molecule has 1 saturated heterocycles. The Bertz CT molecular complexity index is 1150. The maximum atomic E-state index is 13.5. The number of aliphatic hydroxyl groups excluding tert-OH is 1. The highest BCUT2D eigenvalue weighted by molar-refractivity contribution is 6.77. The minimum absolute atomic E-state index is 0.169. The number of hydrogen-bond donors (Lipinski definition) is 1. The topological polar surface area (TPSA) is 58.4 Å². The van der Waals surface area contributed by atoms with Gasteiger partial charge < -0.3 is 10.0 Å². The number of carbonyl (C=O) groups is 1. The molecule has 0 spiro atoms. The van der Waals surface area contributed by atoms with E-state index < -0.39 is 8.07 Å². The zero-order valence-corrected chi connectivity index (χ0v) is 21.2. The Morgan fingerprint density at radius 2 is 1.66 bits per heavy atom. The molecule has 168 valence electrons. The number of rotatable bonds is 4. The van der Waals surface area contributed by atoms with Gasteiger partial charge in [-0.25, -0.2) is 4.68 Å². The molecule has 0 bridgehead atoms. The molecule has 1 N–H and O–H groups in total. The Hall–Kier alpha value is -1.83. The van der Waals surface area contributed by atoms with Crippen LogP contribution in [0.5, 0.6) is 0 Å². The van der Waals surface area contributed by atoms with Crippen LogP contribution in [0.2, 0.25) is 40.3 Å². The zero-order chi connectivity index (χ0) is 23.0. The zero-order valence-electron chi connectivity index (χ0n) is 17.9. The lowest BCUT2D eigenvalue weighted by molar-refractivity contribution is 0.0755. The first-order chi connectivity index (χ1) is 15.2. The number of carbonyl (C=O) groups excluding carboxylic acids is 1. The third-order valence-electron chi connectivity index (χ3n) is 6.00. The first kappa shape index (κ1) is 23.3. The van der Waals surface area contributed by atoms with Crippen LogP contribution >= 0.6 is 34.8 Å². The third-order valence-corrected chi connectivity index (χ3v) is 9.95. The van der Waals surface area contributed by atoms with Gasteiger partial charge in [0.1, 0.15) is 0 Å². The standard InChI is InChI=1S/C23H24Cl3N3O2Si/c1-32(2)11-9-28(10-12-32)23(31)21-18(14-30)22(15-3-5-16(24)6-4-15)29(27-21)20-8-7-17(25)13-19(20)26/h3-8,13,30H,9-12,14H2,1-2H3. The predicted molar refractivity (Wildman–Crippen MR) is 133 cm³/mol. The lowest BCUT2D eigenvalue weighted by Gasteiger charge is -2.35. The highest BCUT2D eigenvalue weighted by Crippen LogP contribution is 2.34. The van der Waals surface area contributed by atoms with E-state index in [0.29, 0.717) is 45.1 Å². The summed E-state index contributed by atoms with van der Waals surface area (Å²) < 4.78 is 1.61. The molecule has 1 aromatic heterocycles. The second-order valence-corrected chi connectivity index (χ2v) is 15.4. The van der Waals surface area contributed by atoms with E-state index in [4.69, 9.17) is 34.8 Å². The maximum Gasteiger partial charge on any atom is 0.274 e. The van der Waals surface area contributed by atoms with Crippen LogP contribution in [0.1, 0.15) is 16.1 Å². The predicted octanol–water partition coefficient (Wildman–Crippen LogP) is 6.16. The van der Waals surface area contributed by atoms with Gasteiger partial charge in [0.15, 0.2) is 5.69 Å². The number of aliphatic hydroxyl groups is 1. The molecule has 3 aromatic rings. The molecule has 1 fully saturated rings. The van der Waals surface area contributed by atoms with Gasteiger partial charge in [-0.2, -0.15) is 5.10 Å². The van der Waals surface area contributed by atoms with E-state index >= 15 is 0 Å². The second-order valence-electron chi connectivity index (χ2n) is 8.80. The minimum Gasteiger partial charge on any atom is -0.392 e. The van der Waals surface area contributed by atoms with Gasteiger partial charge in [0.25, 0.3) is 5.91 Å². The Labute approximate surface area is 203 Å². The average molecular weight is 509 g/mol. The number of hydrogen-bond acceptors (Lipinski definition) is 3. The second kappa shape index (κ2) is 9.19. The molecule has 0 radical (unpaired) electrons. The van der Waals surface area contributed by atoms with Crippen LogP contribution in [-0.2, 0) is 6.61 Å². The van der Waals surface area contributed by atoms with Crippen LogP contribution in [0.3, 0.4) is 0 Å². The van der Waals surface area contributed by atoms with Gasteiger partial charge in [-0.05, 0) is 42.4 Å². The van der Waals surface area contributed by atoms with Gasteiger partial charge in [0, 0.05) is 34.3 Å². The molecule has 2 aromatic carbocycles. The summed E-state index contributed by atoms with van der Waals surface area (Å²) in [5.74, 6) is -0.169. The number of aromatic nitrogens is 2. The van der Waals surface area contributed by atoms with E-state index in [1.165, 1.54) is 0 Å². The Morgan fingerprint density at radius 3 is 2.25 bits per heavy atom. The van der Waals surface area contributed by atoms with Gasteiger partial charge >= 0.3 is 0 Å². The van der Waals surface area contributed by atoms with Crippen LogP contribution in [0, 0.1) is 0 Å². The van der Waals surface area contributed by atoms with Crippen molar-refractivity contribution in [1.82, 2.24) is 14.7 Å². The van der Waals surface area contributed by atoms with Crippen LogP contribution in [0.25, 0.3) is 16.9 Å². The van der Waals surface area contributed by atoms with Gasteiger partial charge in [-0.3, -0.25) is 4.79 Å². The molecule has 32 heavy (non-hydrogen) atoms. The molecule has 4 rings (SSSR count). The summed E-state index contributed by atoms with van der Waals surface area (Å²) in [5, 5.41) is 16.5. The normalized spacial score (nSPS) is 15.8. The first-order valence-electron chi connectivity index (χ1n) is 10.4. The molecule has 1 amide bonds. The largest absolute Gasteiger partial charge is 0.392 e. The molecular formula is C23H24Cl3N3O2Si. The summed E-state index contributed by atoms with van der Waals surface area (Å²) in [6.07, 6.45) is 0. The average Bonchev–Trinajstić information content (AvgIpc) is 3.13. The summed E-state index contributed by atoms with van der Waals surface area (Å²) in [6, 6.07) is 14.4. The van der Waals surface area contributed by atoms with Gasteiger partial charge in [-0.1, -0.05) is 60.0 Å². The summed E-state index contributed by atoms with van der Waals surface area (Å²) in [7, 11) is -1.24. The fourth-order valence-corrected chi connectivity index (χ4v) is 6.58. The molecule has 9 heteroatoms. The van der Waals surface area contributed by atoms with Crippen LogP contribution in [0.4, 0.5) is 0 Å². The lowest BCUT2D eigenvalue weighted by Crippen LogP contribution is -2.45. The van der Waals surface area contributed by atoms with Gasteiger partial charge in [0.2, 0.25) is 0 Å². The van der Waals surface area contributed by atoms with Crippen molar-refractivity contribution in [2.45, 2.75) is 31.8 Å². The quantitative estimate of drug-likeness (QED) is 0.430. The van der Waals surface area contributed by atoms with E-state index in [1.54, 1.807) is 35.0 Å². The fourth-order valence-electron chi connectivity index (χ4n) is 3.97. The smallest absolute Gasteiger partial charge is 0.274 e. The Morgan fingerprint density at radius 1 is 1.03 bits per heavy atom. The summed E-state index contributed by atoms with van der Waals surface area (Å²) >= 11 is 18.7. The molecule has 0 atom stereocenters. The molecule has 0 aliphatic carbocycles. The van der Waals surface area contributed by atoms with Crippen molar-refractivity contribution in [3.05, 3.63) is 68.8 Å². The number of amides is 1. The summed E-state index contributed by atoms with van der Waals surface area (Å²) in [5.41, 5.74) is 2.64. The molecule has 0 unspecified atom stereocenters. The molecule has 1 aliphatic rings. The van der Waals surface area contributed by atoms with Crippen molar-refractivity contribution in [3.63, 3.8) is 0 Å². The summed E-state index contributed by atoms with van der Waals surface area (Å²) in [6.45, 7) is 5.80. The van der Waals surface area contributed by atoms with Crippen molar-refractivity contribution in [1.29, 1.82) is 0 Å². The summed E-state index contributed by atoms with van der Waals surface area (Å²) in [4.78, 5) is 15.3. The van der Waals surface area contributed by atoms with Crippen molar-refractivity contribution in [2.24, 2.45) is 0 Å². The van der Waals surface area contributed by atoms with Crippen molar-refractivity contribution in [2.75, 3.05) is 13.1 Å². The number of halogens is 3. The maximum absolute atomic E-state index is 13.5. The van der Waals surface area contributed by atoms with E-state index in [2.05, 4.69) is 18.2 Å². The SMILES string of the molecule is C[Si]1(C)CCN(C(=O)c2nn(-c3ccc(Cl)cc3Cl)c(-c3ccc(Cl)cc3)c2CO)CC1. The monoisotopic (exact) mass is 507 g/mol.